The van der Waals surface area contributed by atoms with Gasteiger partial charge in [0.1, 0.15) is 0 Å². The Balaban J connectivity index is 1.34. The van der Waals surface area contributed by atoms with Crippen molar-refractivity contribution in [1.82, 2.24) is 4.90 Å². The van der Waals surface area contributed by atoms with Gasteiger partial charge in [0.2, 0.25) is 0 Å². The van der Waals surface area contributed by atoms with Crippen molar-refractivity contribution in [3.63, 3.8) is 0 Å². The third-order valence-corrected chi connectivity index (χ3v) is 5.84. The van der Waals surface area contributed by atoms with E-state index in [1.54, 1.807) is 18.2 Å². The number of halogens is 1. The topological polar surface area (TPSA) is 93.1 Å². The Bertz CT molecular complexity index is 1130. The molecule has 1 heterocycles. The number of carbonyl (C=O) groups is 2. The summed E-state index contributed by atoms with van der Waals surface area (Å²) in [6.45, 7) is 1.83. The van der Waals surface area contributed by atoms with E-state index in [4.69, 9.17) is 11.6 Å². The standard InChI is InChI=1S/C24H24ClN3O4/c25-18-6-3-7-20(15-18)27-10-12-28(13-11-27)24(32)22(30)21(29)23(31)26-19-9-8-16-4-1-2-5-17(16)14-19/h1-9,14-15,21-22,29-30H,10-13H2,(H,26,31)/t21-,22-/m0/s1. The molecule has 8 heteroatoms. The Morgan fingerprint density at radius 2 is 1.56 bits per heavy atom. The fourth-order valence-electron chi connectivity index (χ4n) is 3.81. The van der Waals surface area contributed by atoms with Gasteiger partial charge in [0.25, 0.3) is 11.8 Å². The van der Waals surface area contributed by atoms with Crippen LogP contribution in [-0.4, -0.2) is 65.3 Å². The van der Waals surface area contributed by atoms with Crippen LogP contribution in [0.25, 0.3) is 10.8 Å². The zero-order valence-electron chi connectivity index (χ0n) is 17.3. The van der Waals surface area contributed by atoms with E-state index in [2.05, 4.69) is 10.2 Å². The number of carbonyl (C=O) groups excluding carboxylic acids is 2. The highest BCUT2D eigenvalue weighted by Crippen LogP contribution is 2.22. The van der Waals surface area contributed by atoms with Gasteiger partial charge in [0.05, 0.1) is 0 Å². The van der Waals surface area contributed by atoms with Crippen LogP contribution in [0.3, 0.4) is 0 Å². The van der Waals surface area contributed by atoms with E-state index in [1.165, 1.54) is 4.90 Å². The van der Waals surface area contributed by atoms with E-state index in [-0.39, 0.29) is 0 Å². The molecule has 1 aliphatic rings. The summed E-state index contributed by atoms with van der Waals surface area (Å²) < 4.78 is 0. The summed E-state index contributed by atoms with van der Waals surface area (Å²) in [4.78, 5) is 28.6. The van der Waals surface area contributed by atoms with Crippen LogP contribution in [0.4, 0.5) is 11.4 Å². The molecular weight excluding hydrogens is 430 g/mol. The van der Waals surface area contributed by atoms with Crippen LogP contribution in [0.1, 0.15) is 0 Å². The number of aliphatic hydroxyl groups is 2. The number of fused-ring (bicyclic) bond motifs is 1. The third-order valence-electron chi connectivity index (χ3n) is 5.60. The first kappa shape index (κ1) is 22.1. The molecular formula is C24H24ClN3O4. The molecule has 3 aromatic rings. The minimum absolute atomic E-state index is 0.363. The molecule has 1 saturated heterocycles. The molecule has 0 aliphatic carbocycles. The molecule has 0 radical (unpaired) electrons. The Hall–Kier alpha value is -3.13. The highest BCUT2D eigenvalue weighted by atomic mass is 35.5. The van der Waals surface area contributed by atoms with Gasteiger partial charge in [0, 0.05) is 42.6 Å². The molecule has 2 amide bonds. The lowest BCUT2D eigenvalue weighted by molar-refractivity contribution is -0.151. The monoisotopic (exact) mass is 453 g/mol. The first-order chi connectivity index (χ1) is 15.4. The molecule has 1 fully saturated rings. The van der Waals surface area contributed by atoms with E-state index >= 15 is 0 Å². The van der Waals surface area contributed by atoms with Crippen LogP contribution >= 0.6 is 11.6 Å². The van der Waals surface area contributed by atoms with Crippen molar-refractivity contribution in [2.45, 2.75) is 12.2 Å². The smallest absolute Gasteiger partial charge is 0.256 e. The van der Waals surface area contributed by atoms with Gasteiger partial charge in [0.15, 0.2) is 12.2 Å². The number of nitrogens with zero attached hydrogens (tertiary/aromatic N) is 2. The lowest BCUT2D eigenvalue weighted by Gasteiger charge is -2.37. The zero-order valence-corrected chi connectivity index (χ0v) is 18.1. The SMILES string of the molecule is O=C(Nc1ccc2ccccc2c1)[C@@H](O)[C@H](O)C(=O)N1CCN(c2cccc(Cl)c2)CC1. The molecule has 2 atom stereocenters. The summed E-state index contributed by atoms with van der Waals surface area (Å²) in [5, 5.41) is 25.8. The van der Waals surface area contributed by atoms with Crippen molar-refractivity contribution < 1.29 is 19.8 Å². The summed E-state index contributed by atoms with van der Waals surface area (Å²) in [5.74, 6) is -1.50. The first-order valence-corrected chi connectivity index (χ1v) is 10.8. The number of piperazine rings is 1. The van der Waals surface area contributed by atoms with Gasteiger partial charge >= 0.3 is 0 Å². The van der Waals surface area contributed by atoms with Crippen molar-refractivity contribution >= 4 is 45.6 Å². The van der Waals surface area contributed by atoms with Gasteiger partial charge in [-0.1, -0.05) is 48.0 Å². The molecule has 0 aromatic heterocycles. The molecule has 0 bridgehead atoms. The van der Waals surface area contributed by atoms with E-state index in [0.717, 1.165) is 16.5 Å². The van der Waals surface area contributed by atoms with Gasteiger partial charge < -0.3 is 25.3 Å². The average molecular weight is 454 g/mol. The first-order valence-electron chi connectivity index (χ1n) is 10.4. The van der Waals surface area contributed by atoms with Crippen LogP contribution in [0.5, 0.6) is 0 Å². The van der Waals surface area contributed by atoms with E-state index in [1.807, 2.05) is 48.5 Å². The van der Waals surface area contributed by atoms with Crippen molar-refractivity contribution in [1.29, 1.82) is 0 Å². The number of benzene rings is 3. The van der Waals surface area contributed by atoms with Gasteiger partial charge in [-0.3, -0.25) is 9.59 Å². The number of anilines is 2. The Morgan fingerprint density at radius 3 is 2.28 bits per heavy atom. The minimum Gasteiger partial charge on any atom is -0.380 e. The minimum atomic E-state index is -1.88. The molecule has 3 N–H and O–H groups in total. The predicted molar refractivity (Wildman–Crippen MR) is 125 cm³/mol. The summed E-state index contributed by atoms with van der Waals surface area (Å²) >= 11 is 6.05. The molecule has 0 unspecified atom stereocenters. The lowest BCUT2D eigenvalue weighted by atomic mass is 10.1. The maximum absolute atomic E-state index is 12.7. The van der Waals surface area contributed by atoms with Gasteiger partial charge in [-0.25, -0.2) is 0 Å². The van der Waals surface area contributed by atoms with E-state index in [0.29, 0.717) is 36.9 Å². The quantitative estimate of drug-likeness (QED) is 0.552. The number of hydrogen-bond donors (Lipinski definition) is 3. The lowest BCUT2D eigenvalue weighted by Crippen LogP contribution is -2.55. The predicted octanol–water partition coefficient (Wildman–Crippen LogP) is 2.50. The van der Waals surface area contributed by atoms with Crippen LogP contribution < -0.4 is 10.2 Å². The summed E-state index contributed by atoms with van der Waals surface area (Å²) in [6, 6.07) is 20.4. The van der Waals surface area contributed by atoms with Crippen LogP contribution in [0.2, 0.25) is 5.02 Å². The number of hydrogen-bond acceptors (Lipinski definition) is 5. The van der Waals surface area contributed by atoms with Crippen molar-refractivity contribution in [3.05, 3.63) is 71.8 Å². The van der Waals surface area contributed by atoms with Crippen molar-refractivity contribution in [2.24, 2.45) is 0 Å². The average Bonchev–Trinajstić information content (AvgIpc) is 2.82. The number of aliphatic hydroxyl groups excluding tert-OH is 2. The van der Waals surface area contributed by atoms with Gasteiger partial charge in [-0.15, -0.1) is 0 Å². The summed E-state index contributed by atoms with van der Waals surface area (Å²) in [5.41, 5.74) is 1.43. The Labute approximate surface area is 190 Å². The maximum atomic E-state index is 12.7. The summed E-state index contributed by atoms with van der Waals surface area (Å²) in [7, 11) is 0. The molecule has 166 valence electrons. The highest BCUT2D eigenvalue weighted by Gasteiger charge is 2.34. The molecule has 1 aliphatic heterocycles. The van der Waals surface area contributed by atoms with Crippen molar-refractivity contribution in [2.75, 3.05) is 36.4 Å². The van der Waals surface area contributed by atoms with E-state index in [9.17, 15) is 19.8 Å². The number of nitrogens with one attached hydrogen (secondary N) is 1. The van der Waals surface area contributed by atoms with Gasteiger partial charge in [-0.05, 0) is 41.1 Å². The number of rotatable bonds is 5. The zero-order chi connectivity index (χ0) is 22.7. The second-order valence-corrected chi connectivity index (χ2v) is 8.17. The van der Waals surface area contributed by atoms with E-state index < -0.39 is 24.0 Å². The third kappa shape index (κ3) is 4.85. The second-order valence-electron chi connectivity index (χ2n) is 7.73. The van der Waals surface area contributed by atoms with Gasteiger partial charge in [-0.2, -0.15) is 0 Å². The largest absolute Gasteiger partial charge is 0.380 e. The molecule has 7 nitrogen and oxygen atoms in total. The molecule has 3 aromatic carbocycles. The fraction of sp³-hybridized carbons (Fsp3) is 0.250. The fourth-order valence-corrected chi connectivity index (χ4v) is 3.99. The Morgan fingerprint density at radius 1 is 0.844 bits per heavy atom. The number of amides is 2. The van der Waals surface area contributed by atoms with Crippen molar-refractivity contribution in [3.8, 4) is 0 Å². The van der Waals surface area contributed by atoms with Crippen LogP contribution in [0, 0.1) is 0 Å². The molecule has 4 rings (SSSR count). The molecule has 32 heavy (non-hydrogen) atoms. The molecule has 0 spiro atoms. The Kier molecular flexibility index (Phi) is 6.60. The van der Waals surface area contributed by atoms with Crippen LogP contribution in [-0.2, 0) is 9.59 Å². The summed E-state index contributed by atoms with van der Waals surface area (Å²) in [6.07, 6.45) is -3.71. The molecule has 0 saturated carbocycles. The maximum Gasteiger partial charge on any atom is 0.256 e. The van der Waals surface area contributed by atoms with Crippen LogP contribution in [0.15, 0.2) is 66.7 Å². The second kappa shape index (κ2) is 9.56. The highest BCUT2D eigenvalue weighted by molar-refractivity contribution is 6.30. The normalized spacial score (nSPS) is 16.0.